The first-order valence-corrected chi connectivity index (χ1v) is 7.49. The summed E-state index contributed by atoms with van der Waals surface area (Å²) in [6, 6.07) is 7.90. The van der Waals surface area contributed by atoms with Crippen LogP contribution in [0.2, 0.25) is 0 Å². The molecular weight excluding hydrogens is 316 g/mol. The van der Waals surface area contributed by atoms with Crippen LogP contribution in [0.3, 0.4) is 0 Å². The van der Waals surface area contributed by atoms with Crippen LogP contribution in [0.1, 0.15) is 18.4 Å². The molecule has 7 nitrogen and oxygen atoms in total. The minimum atomic E-state index is -0.149. The maximum absolute atomic E-state index is 11.9. The molecule has 8 heteroatoms. The van der Waals surface area contributed by atoms with Gasteiger partial charge in [0.25, 0.3) is 0 Å². The number of carbonyl (C=O) groups is 1. The fourth-order valence-corrected chi connectivity index (χ4v) is 2.24. The molecule has 2 aromatic rings. The maximum atomic E-state index is 11.9. The number of aryl methyl sites for hydroxylation is 1. The molecule has 1 unspecified atom stereocenters. The lowest BCUT2D eigenvalue weighted by Gasteiger charge is -2.10. The molecular formula is C15H21ClN6O. The molecule has 3 N–H and O–H groups in total. The highest BCUT2D eigenvalue weighted by Gasteiger charge is 2.28. The van der Waals surface area contributed by atoms with E-state index in [1.54, 1.807) is 0 Å². The highest BCUT2D eigenvalue weighted by Crippen LogP contribution is 2.31. The highest BCUT2D eigenvalue weighted by atomic mass is 35.5. The van der Waals surface area contributed by atoms with E-state index in [4.69, 9.17) is 5.73 Å². The van der Waals surface area contributed by atoms with Crippen LogP contribution < -0.4 is 11.1 Å². The summed E-state index contributed by atoms with van der Waals surface area (Å²) in [5, 5.41) is 14.9. The topological polar surface area (TPSA) is 98.7 Å². The number of carbonyl (C=O) groups excluding carboxylic acids is 1. The summed E-state index contributed by atoms with van der Waals surface area (Å²) in [4.78, 5) is 13.2. The second-order valence-corrected chi connectivity index (χ2v) is 5.81. The number of tetrazole rings is 1. The lowest BCUT2D eigenvalue weighted by molar-refractivity contribution is -0.122. The van der Waals surface area contributed by atoms with Crippen LogP contribution in [0.4, 0.5) is 0 Å². The van der Waals surface area contributed by atoms with Crippen molar-refractivity contribution in [3.8, 4) is 11.4 Å². The maximum Gasteiger partial charge on any atom is 0.243 e. The number of hydrogen-bond acceptors (Lipinski definition) is 5. The summed E-state index contributed by atoms with van der Waals surface area (Å²) in [7, 11) is 0. The number of nitrogens with two attached hydrogens (primary N) is 1. The molecule has 1 fully saturated rings. The lowest BCUT2D eigenvalue weighted by Crippen LogP contribution is -2.40. The third-order valence-electron chi connectivity index (χ3n) is 3.81. The number of halogens is 1. The van der Waals surface area contributed by atoms with E-state index in [-0.39, 0.29) is 30.9 Å². The van der Waals surface area contributed by atoms with Crippen molar-refractivity contribution >= 4 is 18.3 Å². The third kappa shape index (κ3) is 4.74. The minimum Gasteiger partial charge on any atom is -0.353 e. The van der Waals surface area contributed by atoms with Crippen molar-refractivity contribution in [2.75, 3.05) is 6.54 Å². The van der Waals surface area contributed by atoms with Gasteiger partial charge in [0.2, 0.25) is 11.7 Å². The zero-order valence-electron chi connectivity index (χ0n) is 13.0. The van der Waals surface area contributed by atoms with Gasteiger partial charge in [0, 0.05) is 18.2 Å². The number of amides is 1. The molecule has 1 amide bonds. The Labute approximate surface area is 141 Å². The summed E-state index contributed by atoms with van der Waals surface area (Å²) < 4.78 is 0. The van der Waals surface area contributed by atoms with E-state index in [1.807, 2.05) is 31.2 Å². The van der Waals surface area contributed by atoms with Gasteiger partial charge in [-0.05, 0) is 30.9 Å². The van der Waals surface area contributed by atoms with Gasteiger partial charge in [0.1, 0.15) is 6.54 Å². The third-order valence-corrected chi connectivity index (χ3v) is 3.81. The lowest BCUT2D eigenvalue weighted by atomic mass is 10.1. The fourth-order valence-electron chi connectivity index (χ4n) is 2.24. The number of rotatable bonds is 6. The van der Waals surface area contributed by atoms with E-state index < -0.39 is 0 Å². The molecule has 0 radical (unpaired) electrons. The SMILES string of the molecule is Cc1ccc(-c2nnn(CC(=O)NCC(N)C3CC3)n2)cc1.Cl. The van der Waals surface area contributed by atoms with Crippen molar-refractivity contribution in [1.29, 1.82) is 0 Å². The second-order valence-electron chi connectivity index (χ2n) is 5.81. The molecule has 23 heavy (non-hydrogen) atoms. The summed E-state index contributed by atoms with van der Waals surface area (Å²) >= 11 is 0. The summed E-state index contributed by atoms with van der Waals surface area (Å²) in [6.07, 6.45) is 2.34. The Balaban J connectivity index is 0.00000192. The quantitative estimate of drug-likeness (QED) is 0.817. The molecule has 1 aliphatic rings. The van der Waals surface area contributed by atoms with Gasteiger partial charge in [0.05, 0.1) is 0 Å². The normalized spacial score (nSPS) is 14.9. The summed E-state index contributed by atoms with van der Waals surface area (Å²) in [6.45, 7) is 2.57. The largest absolute Gasteiger partial charge is 0.353 e. The number of nitrogens with one attached hydrogen (secondary N) is 1. The molecule has 1 aromatic carbocycles. The zero-order chi connectivity index (χ0) is 15.5. The summed E-state index contributed by atoms with van der Waals surface area (Å²) in [5.74, 6) is 0.935. The molecule has 1 heterocycles. The first kappa shape index (κ1) is 17.4. The molecule has 3 rings (SSSR count). The van der Waals surface area contributed by atoms with Crippen molar-refractivity contribution in [3.05, 3.63) is 29.8 Å². The Morgan fingerprint density at radius 2 is 2.09 bits per heavy atom. The van der Waals surface area contributed by atoms with E-state index in [2.05, 4.69) is 20.7 Å². The molecule has 0 bridgehead atoms. The van der Waals surface area contributed by atoms with Crippen LogP contribution in [0, 0.1) is 12.8 Å². The van der Waals surface area contributed by atoms with Gasteiger partial charge in [0.15, 0.2) is 0 Å². The van der Waals surface area contributed by atoms with Crippen LogP contribution in [-0.4, -0.2) is 38.7 Å². The van der Waals surface area contributed by atoms with E-state index in [1.165, 1.54) is 23.2 Å². The predicted octanol–water partition coefficient (Wildman–Crippen LogP) is 0.924. The van der Waals surface area contributed by atoms with Crippen LogP contribution in [-0.2, 0) is 11.3 Å². The molecule has 1 aliphatic carbocycles. The Morgan fingerprint density at radius 3 is 2.74 bits per heavy atom. The Bertz CT molecular complexity index is 652. The van der Waals surface area contributed by atoms with Crippen LogP contribution in [0.5, 0.6) is 0 Å². The first-order chi connectivity index (χ1) is 10.6. The van der Waals surface area contributed by atoms with E-state index >= 15 is 0 Å². The van der Waals surface area contributed by atoms with Crippen molar-refractivity contribution in [2.45, 2.75) is 32.4 Å². The van der Waals surface area contributed by atoms with Crippen molar-refractivity contribution < 1.29 is 4.79 Å². The molecule has 1 aromatic heterocycles. The first-order valence-electron chi connectivity index (χ1n) is 7.49. The monoisotopic (exact) mass is 336 g/mol. The number of hydrogen-bond donors (Lipinski definition) is 2. The van der Waals surface area contributed by atoms with Crippen molar-refractivity contribution in [3.63, 3.8) is 0 Å². The summed E-state index contributed by atoms with van der Waals surface area (Å²) in [5.41, 5.74) is 8.00. The van der Waals surface area contributed by atoms with Gasteiger partial charge < -0.3 is 11.1 Å². The predicted molar refractivity (Wildman–Crippen MR) is 88.9 cm³/mol. The van der Waals surface area contributed by atoms with Gasteiger partial charge in [-0.1, -0.05) is 29.8 Å². The van der Waals surface area contributed by atoms with Gasteiger partial charge in [-0.2, -0.15) is 4.80 Å². The average molecular weight is 337 g/mol. The number of aromatic nitrogens is 4. The van der Waals surface area contributed by atoms with Crippen LogP contribution >= 0.6 is 12.4 Å². The van der Waals surface area contributed by atoms with Gasteiger partial charge in [-0.25, -0.2) is 0 Å². The van der Waals surface area contributed by atoms with Crippen molar-refractivity contribution in [1.82, 2.24) is 25.5 Å². The standard InChI is InChI=1S/C15H20N6O.ClH/c1-10-2-4-12(5-3-10)15-18-20-21(19-15)9-14(22)17-8-13(16)11-6-7-11;/h2-5,11,13H,6-9,16H2,1H3,(H,17,22);1H. The Kier molecular flexibility index (Phi) is 5.68. The van der Waals surface area contributed by atoms with E-state index in [0.29, 0.717) is 18.3 Å². The van der Waals surface area contributed by atoms with Crippen LogP contribution in [0.15, 0.2) is 24.3 Å². The molecule has 0 aliphatic heterocycles. The van der Waals surface area contributed by atoms with E-state index in [0.717, 1.165) is 5.56 Å². The molecule has 124 valence electrons. The van der Waals surface area contributed by atoms with Crippen molar-refractivity contribution in [2.24, 2.45) is 11.7 Å². The van der Waals surface area contributed by atoms with Crippen LogP contribution in [0.25, 0.3) is 11.4 Å². The number of benzene rings is 1. The van der Waals surface area contributed by atoms with Gasteiger partial charge in [-0.15, -0.1) is 22.6 Å². The Hall–Kier alpha value is -1.99. The molecule has 1 saturated carbocycles. The van der Waals surface area contributed by atoms with Gasteiger partial charge >= 0.3 is 0 Å². The fraction of sp³-hybridized carbons (Fsp3) is 0.467. The van der Waals surface area contributed by atoms with Gasteiger partial charge in [-0.3, -0.25) is 4.79 Å². The smallest absolute Gasteiger partial charge is 0.243 e. The molecule has 0 saturated heterocycles. The average Bonchev–Trinajstić information content (AvgIpc) is 3.26. The van der Waals surface area contributed by atoms with E-state index in [9.17, 15) is 4.79 Å². The minimum absolute atomic E-state index is 0. The molecule has 0 spiro atoms. The number of nitrogens with zero attached hydrogens (tertiary/aromatic N) is 4. The Morgan fingerprint density at radius 1 is 1.39 bits per heavy atom. The highest BCUT2D eigenvalue weighted by molar-refractivity contribution is 5.85. The molecule has 1 atom stereocenters. The zero-order valence-corrected chi connectivity index (χ0v) is 13.8. The second kappa shape index (κ2) is 7.52.